The summed E-state index contributed by atoms with van der Waals surface area (Å²) in [6.07, 6.45) is 1.36. The molecule has 2 aromatic carbocycles. The van der Waals surface area contributed by atoms with Crippen LogP contribution in [0.4, 0.5) is 8.78 Å². The van der Waals surface area contributed by atoms with Crippen LogP contribution in [0.3, 0.4) is 0 Å². The highest BCUT2D eigenvalue weighted by atomic mass is 19.3. The summed E-state index contributed by atoms with van der Waals surface area (Å²) in [5.74, 6) is 0.611. The van der Waals surface area contributed by atoms with Gasteiger partial charge in [0.2, 0.25) is 17.6 Å². The molecule has 0 aliphatic rings. The van der Waals surface area contributed by atoms with E-state index >= 15 is 0 Å². The molecule has 0 aliphatic carbocycles. The molecule has 0 atom stereocenters. The summed E-state index contributed by atoms with van der Waals surface area (Å²) >= 11 is 0. The first-order valence-corrected chi connectivity index (χ1v) is 9.26. The number of hydrogen-bond acceptors (Lipinski definition) is 5. The van der Waals surface area contributed by atoms with E-state index in [2.05, 4.69) is 27.1 Å². The molecule has 3 rings (SSSR count). The fourth-order valence-corrected chi connectivity index (χ4v) is 2.73. The largest absolute Gasteiger partial charge is 0.434 e. The van der Waals surface area contributed by atoms with Gasteiger partial charge in [-0.3, -0.25) is 4.79 Å². The number of alkyl halides is 2. The number of rotatable bonds is 9. The standard InChI is InChI=1S/C21H21F2N3O3/c1-2-14-7-9-15(10-8-14)20-25-19(29-26-20)12-11-18(27)24-13-16-5-3-4-6-17(16)28-21(22)23/h3-10,21H,2,11-13H2,1H3,(H,24,27). The summed E-state index contributed by atoms with van der Waals surface area (Å²) < 4.78 is 34.5. The van der Waals surface area contributed by atoms with Crippen molar-refractivity contribution < 1.29 is 22.8 Å². The molecule has 0 spiro atoms. The van der Waals surface area contributed by atoms with Crippen LogP contribution in [0.15, 0.2) is 53.1 Å². The third-order valence-corrected chi connectivity index (χ3v) is 4.32. The van der Waals surface area contributed by atoms with E-state index < -0.39 is 6.61 Å². The van der Waals surface area contributed by atoms with Crippen molar-refractivity contribution in [2.75, 3.05) is 0 Å². The van der Waals surface area contributed by atoms with Gasteiger partial charge in [0, 0.05) is 30.5 Å². The van der Waals surface area contributed by atoms with Gasteiger partial charge in [-0.1, -0.05) is 54.5 Å². The van der Waals surface area contributed by atoms with Crippen molar-refractivity contribution in [3.63, 3.8) is 0 Å². The van der Waals surface area contributed by atoms with Gasteiger partial charge in [0.05, 0.1) is 0 Å². The molecule has 0 saturated heterocycles. The number of nitrogens with zero attached hydrogens (tertiary/aromatic N) is 2. The maximum atomic E-state index is 12.4. The number of amides is 1. The summed E-state index contributed by atoms with van der Waals surface area (Å²) in [5.41, 5.74) is 2.53. The predicted molar refractivity (Wildman–Crippen MR) is 102 cm³/mol. The highest BCUT2D eigenvalue weighted by molar-refractivity contribution is 5.76. The van der Waals surface area contributed by atoms with E-state index in [9.17, 15) is 13.6 Å². The Bertz CT molecular complexity index is 942. The van der Waals surface area contributed by atoms with E-state index in [1.54, 1.807) is 18.2 Å². The van der Waals surface area contributed by atoms with Crippen molar-refractivity contribution in [1.29, 1.82) is 0 Å². The fraction of sp³-hybridized carbons (Fsp3) is 0.286. The number of nitrogens with one attached hydrogen (secondary N) is 1. The lowest BCUT2D eigenvalue weighted by molar-refractivity contribution is -0.121. The molecule has 8 heteroatoms. The van der Waals surface area contributed by atoms with E-state index in [4.69, 9.17) is 4.52 Å². The number of halogens is 2. The van der Waals surface area contributed by atoms with E-state index in [-0.39, 0.29) is 31.0 Å². The Morgan fingerprint density at radius 3 is 2.66 bits per heavy atom. The van der Waals surface area contributed by atoms with Gasteiger partial charge >= 0.3 is 6.61 Å². The zero-order chi connectivity index (χ0) is 20.6. The predicted octanol–water partition coefficient (Wildman–Crippen LogP) is 4.15. The van der Waals surface area contributed by atoms with Gasteiger partial charge in [-0.15, -0.1) is 0 Å². The number of ether oxygens (including phenoxy) is 1. The lowest BCUT2D eigenvalue weighted by Gasteiger charge is -2.11. The molecule has 1 heterocycles. The van der Waals surface area contributed by atoms with Crippen LogP contribution in [0, 0.1) is 0 Å². The van der Waals surface area contributed by atoms with Gasteiger partial charge in [-0.2, -0.15) is 13.8 Å². The topological polar surface area (TPSA) is 77.2 Å². The van der Waals surface area contributed by atoms with E-state index in [1.807, 2.05) is 24.3 Å². The van der Waals surface area contributed by atoms with Crippen molar-refractivity contribution in [2.45, 2.75) is 39.3 Å². The highest BCUT2D eigenvalue weighted by Gasteiger charge is 2.12. The summed E-state index contributed by atoms with van der Waals surface area (Å²) in [7, 11) is 0. The van der Waals surface area contributed by atoms with Gasteiger partial charge in [0.1, 0.15) is 5.75 Å². The van der Waals surface area contributed by atoms with Crippen molar-refractivity contribution in [3.05, 3.63) is 65.5 Å². The Labute approximate surface area is 166 Å². The molecule has 0 aliphatic heterocycles. The first-order valence-electron chi connectivity index (χ1n) is 9.26. The van der Waals surface area contributed by atoms with E-state index in [0.717, 1.165) is 12.0 Å². The molecule has 0 saturated carbocycles. The molecule has 1 amide bonds. The number of para-hydroxylation sites is 1. The third-order valence-electron chi connectivity index (χ3n) is 4.32. The molecular weight excluding hydrogens is 380 g/mol. The monoisotopic (exact) mass is 401 g/mol. The smallest absolute Gasteiger partial charge is 0.387 e. The molecule has 0 bridgehead atoms. The van der Waals surface area contributed by atoms with Crippen LogP contribution in [0.2, 0.25) is 0 Å². The molecule has 1 aromatic heterocycles. The van der Waals surface area contributed by atoms with Crippen molar-refractivity contribution >= 4 is 5.91 Å². The first kappa shape index (κ1) is 20.4. The minimum Gasteiger partial charge on any atom is -0.434 e. The SMILES string of the molecule is CCc1ccc(-c2noc(CCC(=O)NCc3ccccc3OC(F)F)n2)cc1. The Hall–Kier alpha value is -3.29. The molecule has 1 N–H and O–H groups in total. The minimum atomic E-state index is -2.92. The molecule has 0 unspecified atom stereocenters. The van der Waals surface area contributed by atoms with Crippen LogP contribution >= 0.6 is 0 Å². The number of carbonyl (C=O) groups excluding carboxylic acids is 1. The van der Waals surface area contributed by atoms with Crippen molar-refractivity contribution in [3.8, 4) is 17.1 Å². The van der Waals surface area contributed by atoms with Gasteiger partial charge in [-0.05, 0) is 18.1 Å². The second kappa shape index (κ2) is 9.77. The first-order chi connectivity index (χ1) is 14.0. The van der Waals surface area contributed by atoms with Gasteiger partial charge < -0.3 is 14.6 Å². The minimum absolute atomic E-state index is 0.0402. The molecular formula is C21H21F2N3O3. The van der Waals surface area contributed by atoms with Crippen LogP contribution in [-0.4, -0.2) is 22.7 Å². The number of aryl methyl sites for hydroxylation is 2. The number of benzene rings is 2. The number of carbonyl (C=O) groups is 1. The summed E-state index contributed by atoms with van der Waals surface area (Å²) in [6, 6.07) is 14.2. The van der Waals surface area contributed by atoms with Crippen LogP contribution in [-0.2, 0) is 24.2 Å². The second-order valence-corrected chi connectivity index (χ2v) is 6.33. The average molecular weight is 401 g/mol. The van der Waals surface area contributed by atoms with Crippen molar-refractivity contribution in [1.82, 2.24) is 15.5 Å². The van der Waals surface area contributed by atoms with Crippen LogP contribution in [0.1, 0.15) is 30.4 Å². The van der Waals surface area contributed by atoms with Crippen LogP contribution in [0.5, 0.6) is 5.75 Å². The molecule has 3 aromatic rings. The van der Waals surface area contributed by atoms with E-state index in [0.29, 0.717) is 17.3 Å². The summed E-state index contributed by atoms with van der Waals surface area (Å²) in [6.45, 7) is -0.755. The Morgan fingerprint density at radius 2 is 1.93 bits per heavy atom. The Kier molecular flexibility index (Phi) is 6.89. The van der Waals surface area contributed by atoms with Crippen LogP contribution in [0.25, 0.3) is 11.4 Å². The number of aromatic nitrogens is 2. The van der Waals surface area contributed by atoms with Crippen molar-refractivity contribution in [2.24, 2.45) is 0 Å². The lowest BCUT2D eigenvalue weighted by atomic mass is 10.1. The zero-order valence-corrected chi connectivity index (χ0v) is 15.9. The second-order valence-electron chi connectivity index (χ2n) is 6.33. The Morgan fingerprint density at radius 1 is 1.17 bits per heavy atom. The van der Waals surface area contributed by atoms with Crippen LogP contribution < -0.4 is 10.1 Å². The molecule has 29 heavy (non-hydrogen) atoms. The molecule has 0 fully saturated rings. The fourth-order valence-electron chi connectivity index (χ4n) is 2.73. The van der Waals surface area contributed by atoms with Gasteiger partial charge in [0.25, 0.3) is 0 Å². The highest BCUT2D eigenvalue weighted by Crippen LogP contribution is 2.20. The molecule has 152 valence electrons. The maximum absolute atomic E-state index is 12.4. The molecule has 6 nitrogen and oxygen atoms in total. The number of hydrogen-bond donors (Lipinski definition) is 1. The summed E-state index contributed by atoms with van der Waals surface area (Å²) in [4.78, 5) is 16.4. The quantitative estimate of drug-likeness (QED) is 0.583. The zero-order valence-electron chi connectivity index (χ0n) is 15.9. The molecule has 0 radical (unpaired) electrons. The van der Waals surface area contributed by atoms with E-state index in [1.165, 1.54) is 11.6 Å². The van der Waals surface area contributed by atoms with Gasteiger partial charge in [0.15, 0.2) is 0 Å². The maximum Gasteiger partial charge on any atom is 0.387 e. The van der Waals surface area contributed by atoms with Gasteiger partial charge in [-0.25, -0.2) is 0 Å². The normalized spacial score (nSPS) is 10.9. The summed E-state index contributed by atoms with van der Waals surface area (Å²) in [5, 5.41) is 6.63. The average Bonchev–Trinajstić information content (AvgIpc) is 3.20. The third kappa shape index (κ3) is 5.84. The Balaban J connectivity index is 1.51. The lowest BCUT2D eigenvalue weighted by Crippen LogP contribution is -2.23.